The summed E-state index contributed by atoms with van der Waals surface area (Å²) < 4.78 is 11.5. The van der Waals surface area contributed by atoms with Crippen LogP contribution in [-0.4, -0.2) is 48.1 Å². The average Bonchev–Trinajstić information content (AvgIpc) is 2.87. The van der Waals surface area contributed by atoms with Crippen molar-refractivity contribution in [1.82, 2.24) is 9.97 Å². The number of hydrogen-bond donors (Lipinski definition) is 1. The molecule has 0 aliphatic carbocycles. The van der Waals surface area contributed by atoms with Gasteiger partial charge < -0.3 is 19.7 Å². The lowest BCUT2D eigenvalue weighted by atomic mass is 10.0. The first-order valence-electron chi connectivity index (χ1n) is 7.28. The lowest BCUT2D eigenvalue weighted by molar-refractivity contribution is -0.169. The second-order valence-corrected chi connectivity index (χ2v) is 5.66. The Hall–Kier alpha value is -1.40. The second-order valence-electron chi connectivity index (χ2n) is 5.66. The van der Waals surface area contributed by atoms with Gasteiger partial charge in [-0.2, -0.15) is 0 Å². The zero-order valence-corrected chi connectivity index (χ0v) is 12.1. The Bertz CT molecular complexity index is 450. The second kappa shape index (κ2) is 5.54. The molecule has 0 saturated carbocycles. The van der Waals surface area contributed by atoms with E-state index in [0.29, 0.717) is 6.04 Å². The molecule has 2 fully saturated rings. The van der Waals surface area contributed by atoms with Crippen LogP contribution in [0.25, 0.3) is 0 Å². The van der Waals surface area contributed by atoms with Gasteiger partial charge in [0, 0.05) is 38.0 Å². The van der Waals surface area contributed by atoms with Gasteiger partial charge in [-0.25, -0.2) is 9.97 Å². The number of aromatic nitrogens is 2. The highest BCUT2D eigenvalue weighted by molar-refractivity contribution is 5.49. The predicted octanol–water partition coefficient (Wildman–Crippen LogP) is 1.64. The van der Waals surface area contributed by atoms with Crippen LogP contribution in [0.3, 0.4) is 0 Å². The van der Waals surface area contributed by atoms with Gasteiger partial charge >= 0.3 is 0 Å². The summed E-state index contributed by atoms with van der Waals surface area (Å²) in [6, 6.07) is 2.37. The van der Waals surface area contributed by atoms with Crippen LogP contribution in [0, 0.1) is 0 Å². The fourth-order valence-electron chi connectivity index (χ4n) is 2.76. The molecule has 2 aliphatic heterocycles. The Morgan fingerprint density at radius 1 is 1.20 bits per heavy atom. The smallest absolute Gasteiger partial charge is 0.171 e. The first kappa shape index (κ1) is 13.6. The molecule has 1 aromatic rings. The van der Waals surface area contributed by atoms with E-state index in [0.717, 1.165) is 50.8 Å². The van der Waals surface area contributed by atoms with Crippen molar-refractivity contribution in [2.24, 2.45) is 0 Å². The molecule has 20 heavy (non-hydrogen) atoms. The number of nitrogens with one attached hydrogen (secondary N) is 1. The Morgan fingerprint density at radius 3 is 2.55 bits per heavy atom. The molecule has 1 spiro atoms. The normalized spacial score (nSPS) is 21.6. The summed E-state index contributed by atoms with van der Waals surface area (Å²) in [4.78, 5) is 10.9. The lowest BCUT2D eigenvalue weighted by Crippen LogP contribution is -2.45. The van der Waals surface area contributed by atoms with Crippen molar-refractivity contribution in [3.8, 4) is 0 Å². The van der Waals surface area contributed by atoms with Crippen LogP contribution < -0.4 is 10.2 Å². The molecule has 3 rings (SSSR count). The van der Waals surface area contributed by atoms with E-state index >= 15 is 0 Å². The standard InChI is InChI=1S/C14H22N4O2/c1-11(2)17-12-9-13(16-10-15-12)18-5-3-14(4-6-18)19-7-8-20-14/h9-11H,3-8H2,1-2H3,(H,15,16,17). The van der Waals surface area contributed by atoms with Crippen LogP contribution in [0.5, 0.6) is 0 Å². The summed E-state index contributed by atoms with van der Waals surface area (Å²) in [6.45, 7) is 7.44. The predicted molar refractivity (Wildman–Crippen MR) is 76.9 cm³/mol. The molecular weight excluding hydrogens is 256 g/mol. The Labute approximate surface area is 119 Å². The molecule has 2 aliphatic rings. The quantitative estimate of drug-likeness (QED) is 0.907. The molecule has 1 aromatic heterocycles. The number of hydrogen-bond acceptors (Lipinski definition) is 6. The van der Waals surface area contributed by atoms with Gasteiger partial charge in [-0.05, 0) is 13.8 Å². The summed E-state index contributed by atoms with van der Waals surface area (Å²) in [5, 5.41) is 3.31. The van der Waals surface area contributed by atoms with E-state index in [9.17, 15) is 0 Å². The maximum atomic E-state index is 5.75. The van der Waals surface area contributed by atoms with Crippen molar-refractivity contribution in [1.29, 1.82) is 0 Å². The van der Waals surface area contributed by atoms with Gasteiger partial charge in [-0.1, -0.05) is 0 Å². The third-order valence-corrected chi connectivity index (χ3v) is 3.75. The van der Waals surface area contributed by atoms with Gasteiger partial charge in [0.15, 0.2) is 5.79 Å². The number of ether oxygens (including phenoxy) is 2. The molecule has 0 bridgehead atoms. The summed E-state index contributed by atoms with van der Waals surface area (Å²) in [7, 11) is 0. The molecule has 0 amide bonds. The van der Waals surface area contributed by atoms with Gasteiger partial charge in [-0.3, -0.25) is 0 Å². The topological polar surface area (TPSA) is 59.5 Å². The van der Waals surface area contributed by atoms with Crippen molar-refractivity contribution in [3.63, 3.8) is 0 Å². The average molecular weight is 278 g/mol. The zero-order valence-electron chi connectivity index (χ0n) is 12.1. The van der Waals surface area contributed by atoms with Gasteiger partial charge in [0.25, 0.3) is 0 Å². The van der Waals surface area contributed by atoms with E-state index in [2.05, 4.69) is 34.0 Å². The fourth-order valence-corrected chi connectivity index (χ4v) is 2.76. The third-order valence-electron chi connectivity index (χ3n) is 3.75. The molecule has 0 aromatic carbocycles. The van der Waals surface area contributed by atoms with Crippen LogP contribution in [-0.2, 0) is 9.47 Å². The summed E-state index contributed by atoms with van der Waals surface area (Å²) in [5.74, 6) is 1.51. The molecule has 1 N–H and O–H groups in total. The molecule has 0 unspecified atom stereocenters. The Morgan fingerprint density at radius 2 is 1.90 bits per heavy atom. The summed E-state index contributed by atoms with van der Waals surface area (Å²) in [6.07, 6.45) is 3.40. The number of piperidine rings is 1. The van der Waals surface area contributed by atoms with Gasteiger partial charge in [0.2, 0.25) is 0 Å². The van der Waals surface area contributed by atoms with Gasteiger partial charge in [0.1, 0.15) is 18.0 Å². The van der Waals surface area contributed by atoms with Crippen LogP contribution in [0.4, 0.5) is 11.6 Å². The number of anilines is 2. The monoisotopic (exact) mass is 278 g/mol. The van der Waals surface area contributed by atoms with Crippen LogP contribution in [0.2, 0.25) is 0 Å². The van der Waals surface area contributed by atoms with Gasteiger partial charge in [0.05, 0.1) is 13.2 Å². The van der Waals surface area contributed by atoms with E-state index in [4.69, 9.17) is 9.47 Å². The molecule has 110 valence electrons. The first-order valence-corrected chi connectivity index (χ1v) is 7.28. The summed E-state index contributed by atoms with van der Waals surface area (Å²) >= 11 is 0. The van der Waals surface area contributed by atoms with Crippen molar-refractivity contribution >= 4 is 11.6 Å². The van der Waals surface area contributed by atoms with Crippen LogP contribution >= 0.6 is 0 Å². The highest BCUT2D eigenvalue weighted by Crippen LogP contribution is 2.32. The Kier molecular flexibility index (Phi) is 3.76. The summed E-state index contributed by atoms with van der Waals surface area (Å²) in [5.41, 5.74) is 0. The first-order chi connectivity index (χ1) is 9.67. The van der Waals surface area contributed by atoms with Crippen LogP contribution in [0.1, 0.15) is 26.7 Å². The number of nitrogens with zero attached hydrogens (tertiary/aromatic N) is 3. The van der Waals surface area contributed by atoms with E-state index in [-0.39, 0.29) is 5.79 Å². The Balaban J connectivity index is 1.65. The fraction of sp³-hybridized carbons (Fsp3) is 0.714. The van der Waals surface area contributed by atoms with Gasteiger partial charge in [-0.15, -0.1) is 0 Å². The maximum Gasteiger partial charge on any atom is 0.171 e. The lowest BCUT2D eigenvalue weighted by Gasteiger charge is -2.38. The van der Waals surface area contributed by atoms with Crippen LogP contribution in [0.15, 0.2) is 12.4 Å². The van der Waals surface area contributed by atoms with Crippen molar-refractivity contribution < 1.29 is 9.47 Å². The minimum absolute atomic E-state index is 0.331. The molecule has 6 heteroatoms. The molecule has 0 radical (unpaired) electrons. The molecule has 2 saturated heterocycles. The molecule has 0 atom stereocenters. The highest BCUT2D eigenvalue weighted by Gasteiger charge is 2.40. The van der Waals surface area contributed by atoms with Crippen molar-refractivity contribution in [2.45, 2.75) is 38.5 Å². The maximum absolute atomic E-state index is 5.75. The molecule has 3 heterocycles. The van der Waals surface area contributed by atoms with E-state index in [1.807, 2.05) is 6.07 Å². The SMILES string of the molecule is CC(C)Nc1cc(N2CCC3(CC2)OCCO3)ncn1. The third kappa shape index (κ3) is 2.86. The van der Waals surface area contributed by atoms with Crippen molar-refractivity contribution in [2.75, 3.05) is 36.5 Å². The van der Waals surface area contributed by atoms with Crippen molar-refractivity contribution in [3.05, 3.63) is 12.4 Å². The minimum Gasteiger partial charge on any atom is -0.368 e. The van der Waals surface area contributed by atoms with E-state index in [1.54, 1.807) is 6.33 Å². The molecule has 6 nitrogen and oxygen atoms in total. The zero-order chi connectivity index (χ0) is 14.0. The minimum atomic E-state index is -0.331. The molecular formula is C14H22N4O2. The van der Waals surface area contributed by atoms with E-state index < -0.39 is 0 Å². The number of rotatable bonds is 3. The highest BCUT2D eigenvalue weighted by atomic mass is 16.7. The largest absolute Gasteiger partial charge is 0.368 e. The van der Waals surface area contributed by atoms with E-state index in [1.165, 1.54) is 0 Å².